The van der Waals surface area contributed by atoms with Crippen molar-refractivity contribution in [1.29, 1.82) is 0 Å². The zero-order valence-corrected chi connectivity index (χ0v) is 11.3. The average molecular weight is 336 g/mol. The first-order valence-electron chi connectivity index (χ1n) is 5.17. The Bertz CT molecular complexity index is 583. The Morgan fingerprint density at radius 3 is 2.74 bits per heavy atom. The smallest absolute Gasteiger partial charge is 0.403 e. The van der Waals surface area contributed by atoms with Gasteiger partial charge in [0, 0.05) is 23.9 Å². The molecule has 4 nitrogen and oxygen atoms in total. The molecule has 0 unspecified atom stereocenters. The van der Waals surface area contributed by atoms with Gasteiger partial charge < -0.3 is 10.1 Å². The third-order valence-electron chi connectivity index (χ3n) is 2.27. The highest BCUT2D eigenvalue weighted by Crippen LogP contribution is 2.32. The summed E-state index contributed by atoms with van der Waals surface area (Å²) in [5, 5.41) is 2.78. The normalized spacial score (nSPS) is 11.4. The molecular formula is C11H9BrF3N3O. The number of nitrogens with zero attached hydrogens (tertiary/aromatic N) is 2. The van der Waals surface area contributed by atoms with Crippen LogP contribution in [0, 0.1) is 0 Å². The highest BCUT2D eigenvalue weighted by Gasteiger charge is 2.32. The highest BCUT2D eigenvalue weighted by molar-refractivity contribution is 9.10. The Morgan fingerprint density at radius 1 is 1.37 bits per heavy atom. The van der Waals surface area contributed by atoms with Crippen LogP contribution < -0.4 is 10.1 Å². The molecule has 0 bridgehead atoms. The number of benzene rings is 1. The lowest BCUT2D eigenvalue weighted by Crippen LogP contribution is -2.18. The first-order valence-corrected chi connectivity index (χ1v) is 5.97. The quantitative estimate of drug-likeness (QED) is 0.931. The van der Waals surface area contributed by atoms with Crippen LogP contribution in [-0.4, -0.2) is 23.0 Å². The van der Waals surface area contributed by atoms with Crippen LogP contribution in [0.5, 0.6) is 5.75 Å². The fraction of sp³-hybridized carbons (Fsp3) is 0.182. The van der Waals surface area contributed by atoms with Gasteiger partial charge in [0.25, 0.3) is 0 Å². The number of hydrogen-bond donors (Lipinski definition) is 1. The van der Waals surface area contributed by atoms with Gasteiger partial charge in [0.15, 0.2) is 5.75 Å². The molecule has 0 aliphatic carbocycles. The molecule has 102 valence electrons. The molecule has 2 rings (SSSR count). The number of hydrogen-bond acceptors (Lipinski definition) is 3. The monoisotopic (exact) mass is 335 g/mol. The van der Waals surface area contributed by atoms with Gasteiger partial charge in [0.05, 0.1) is 5.69 Å². The van der Waals surface area contributed by atoms with Gasteiger partial charge in [0.2, 0.25) is 5.95 Å². The van der Waals surface area contributed by atoms with E-state index in [0.717, 1.165) is 0 Å². The van der Waals surface area contributed by atoms with Gasteiger partial charge in [-0.25, -0.2) is 4.98 Å². The number of nitrogens with one attached hydrogen (secondary N) is 1. The topological polar surface area (TPSA) is 39.1 Å². The van der Waals surface area contributed by atoms with Crippen LogP contribution in [0.1, 0.15) is 0 Å². The summed E-state index contributed by atoms with van der Waals surface area (Å²) in [7, 11) is 1.63. The van der Waals surface area contributed by atoms with E-state index in [2.05, 4.69) is 31.0 Å². The molecule has 1 aromatic heterocycles. The van der Waals surface area contributed by atoms with E-state index in [0.29, 0.717) is 10.4 Å². The maximum atomic E-state index is 12.4. The summed E-state index contributed by atoms with van der Waals surface area (Å²) in [4.78, 5) is 3.97. The molecule has 0 spiro atoms. The molecule has 0 saturated carbocycles. The van der Waals surface area contributed by atoms with Gasteiger partial charge in [-0.3, -0.25) is 4.57 Å². The first kappa shape index (κ1) is 13.7. The predicted octanol–water partition coefficient (Wildman–Crippen LogP) is 3.58. The van der Waals surface area contributed by atoms with Gasteiger partial charge in [0.1, 0.15) is 0 Å². The van der Waals surface area contributed by atoms with Crippen LogP contribution in [0.3, 0.4) is 0 Å². The maximum absolute atomic E-state index is 12.4. The molecule has 0 amide bonds. The van der Waals surface area contributed by atoms with Crippen molar-refractivity contribution in [2.75, 3.05) is 12.4 Å². The summed E-state index contributed by atoms with van der Waals surface area (Å²) in [6.45, 7) is 0. The number of halogens is 4. The molecular weight excluding hydrogens is 327 g/mol. The third kappa shape index (κ3) is 3.19. The zero-order chi connectivity index (χ0) is 14.0. The number of alkyl halides is 3. The van der Waals surface area contributed by atoms with E-state index in [1.54, 1.807) is 13.1 Å². The first-order chi connectivity index (χ1) is 8.90. The summed E-state index contributed by atoms with van der Waals surface area (Å²) >= 11 is 3.11. The number of imidazole rings is 1. The zero-order valence-electron chi connectivity index (χ0n) is 9.70. The molecule has 0 atom stereocenters. The van der Waals surface area contributed by atoms with Crippen molar-refractivity contribution in [2.24, 2.45) is 0 Å². The van der Waals surface area contributed by atoms with E-state index in [4.69, 9.17) is 0 Å². The Labute approximate surface area is 115 Å². The fourth-order valence-electron chi connectivity index (χ4n) is 1.58. The molecule has 1 heterocycles. The molecule has 0 aliphatic rings. The van der Waals surface area contributed by atoms with Gasteiger partial charge in [-0.2, -0.15) is 0 Å². The Kier molecular flexibility index (Phi) is 3.70. The third-order valence-corrected chi connectivity index (χ3v) is 2.76. The molecule has 8 heteroatoms. The molecule has 1 aromatic carbocycles. The Hall–Kier alpha value is -1.70. The van der Waals surface area contributed by atoms with E-state index in [-0.39, 0.29) is 11.4 Å². The lowest BCUT2D eigenvalue weighted by atomic mass is 10.3. The minimum absolute atomic E-state index is 0.238. The van der Waals surface area contributed by atoms with E-state index in [1.807, 2.05) is 0 Å². The van der Waals surface area contributed by atoms with Gasteiger partial charge in [-0.1, -0.05) is 15.9 Å². The van der Waals surface area contributed by atoms with Crippen LogP contribution in [0.15, 0.2) is 35.1 Å². The molecule has 2 aromatic rings. The summed E-state index contributed by atoms with van der Waals surface area (Å²) in [5.74, 6) is 0.103. The van der Waals surface area contributed by atoms with Crippen LogP contribution >= 0.6 is 15.9 Å². The number of anilines is 1. The predicted molar refractivity (Wildman–Crippen MR) is 67.5 cm³/mol. The van der Waals surface area contributed by atoms with E-state index < -0.39 is 6.36 Å². The summed E-state index contributed by atoms with van der Waals surface area (Å²) in [5.41, 5.74) is 0.238. The molecule has 0 fully saturated rings. The van der Waals surface area contributed by atoms with Gasteiger partial charge in [-0.05, 0) is 18.2 Å². The van der Waals surface area contributed by atoms with Gasteiger partial charge in [-0.15, -0.1) is 13.2 Å². The summed E-state index contributed by atoms with van der Waals surface area (Å²) in [6.07, 6.45) is -1.74. The fourth-order valence-corrected chi connectivity index (χ4v) is 1.92. The number of ether oxygens (including phenoxy) is 1. The van der Waals surface area contributed by atoms with Crippen molar-refractivity contribution < 1.29 is 17.9 Å². The Balaban J connectivity index is 2.51. The molecule has 19 heavy (non-hydrogen) atoms. The second-order valence-corrected chi connectivity index (χ2v) is 4.45. The highest BCUT2D eigenvalue weighted by atomic mass is 79.9. The average Bonchev–Trinajstić information content (AvgIpc) is 2.75. The van der Waals surface area contributed by atoms with Crippen LogP contribution in [0.4, 0.5) is 19.1 Å². The summed E-state index contributed by atoms with van der Waals surface area (Å²) < 4.78 is 43.2. The van der Waals surface area contributed by atoms with E-state index >= 15 is 0 Å². The van der Waals surface area contributed by atoms with Gasteiger partial charge >= 0.3 is 6.36 Å². The standard InChI is InChI=1S/C11H9BrF3N3O/c1-16-10-17-4-5-18(10)8-3-2-7(12)6-9(8)19-11(13,14)15/h2-6H,1H3,(H,16,17). The van der Waals surface area contributed by atoms with Crippen molar-refractivity contribution in [3.63, 3.8) is 0 Å². The van der Waals surface area contributed by atoms with Crippen molar-refractivity contribution >= 4 is 21.9 Å². The lowest BCUT2D eigenvalue weighted by molar-refractivity contribution is -0.274. The molecule has 0 aliphatic heterocycles. The number of aromatic nitrogens is 2. The van der Waals surface area contributed by atoms with Crippen molar-refractivity contribution in [2.45, 2.75) is 6.36 Å². The number of rotatable bonds is 3. The minimum atomic E-state index is -4.75. The molecule has 0 saturated heterocycles. The summed E-state index contributed by atoms with van der Waals surface area (Å²) in [6, 6.07) is 4.38. The maximum Gasteiger partial charge on any atom is 0.573 e. The van der Waals surface area contributed by atoms with Crippen LogP contribution in [-0.2, 0) is 0 Å². The minimum Gasteiger partial charge on any atom is -0.403 e. The SMILES string of the molecule is CNc1nccn1-c1ccc(Br)cc1OC(F)(F)F. The van der Waals surface area contributed by atoms with E-state index in [9.17, 15) is 13.2 Å². The van der Waals surface area contributed by atoms with Crippen LogP contribution in [0.2, 0.25) is 0 Å². The van der Waals surface area contributed by atoms with Crippen molar-refractivity contribution in [1.82, 2.24) is 9.55 Å². The second kappa shape index (κ2) is 5.12. The van der Waals surface area contributed by atoms with Crippen LogP contribution in [0.25, 0.3) is 5.69 Å². The van der Waals surface area contributed by atoms with Crippen molar-refractivity contribution in [3.8, 4) is 11.4 Å². The Morgan fingerprint density at radius 2 is 2.11 bits per heavy atom. The van der Waals surface area contributed by atoms with E-state index in [1.165, 1.54) is 29.1 Å². The van der Waals surface area contributed by atoms with Crippen molar-refractivity contribution in [3.05, 3.63) is 35.1 Å². The molecule has 1 N–H and O–H groups in total. The molecule has 0 radical (unpaired) electrons. The lowest BCUT2D eigenvalue weighted by Gasteiger charge is -2.15. The second-order valence-electron chi connectivity index (χ2n) is 3.53. The largest absolute Gasteiger partial charge is 0.573 e.